The Morgan fingerprint density at radius 3 is 2.94 bits per heavy atom. The summed E-state index contributed by atoms with van der Waals surface area (Å²) in [5.41, 5.74) is 7.92. The third-order valence-electron chi connectivity index (χ3n) is 2.34. The Balaban J connectivity index is 2.24. The van der Waals surface area contributed by atoms with E-state index in [9.17, 15) is 0 Å². The highest BCUT2D eigenvalue weighted by Crippen LogP contribution is 2.20. The summed E-state index contributed by atoms with van der Waals surface area (Å²) < 4.78 is 5.64. The Hall–Kier alpha value is -1.61. The molecule has 1 aromatic heterocycles. The first kappa shape index (κ1) is 10.9. The molecule has 0 aliphatic carbocycles. The van der Waals surface area contributed by atoms with Gasteiger partial charge in [0.1, 0.15) is 5.76 Å². The second kappa shape index (κ2) is 4.49. The zero-order valence-electron chi connectivity index (χ0n) is 9.60. The van der Waals surface area contributed by atoms with Crippen molar-refractivity contribution in [2.24, 2.45) is 5.73 Å². The monoisotopic (exact) mass is 216 g/mol. The lowest BCUT2D eigenvalue weighted by molar-refractivity contribution is 0.500. The summed E-state index contributed by atoms with van der Waals surface area (Å²) >= 11 is 0. The van der Waals surface area contributed by atoms with Gasteiger partial charge in [-0.15, -0.1) is 0 Å². The summed E-state index contributed by atoms with van der Waals surface area (Å²) in [6, 6.07) is 8.20. The third kappa shape index (κ3) is 2.49. The fourth-order valence-corrected chi connectivity index (χ4v) is 1.63. The minimum Gasteiger partial charge on any atom is -0.441 e. The van der Waals surface area contributed by atoms with Crippen molar-refractivity contribution in [3.05, 3.63) is 41.8 Å². The average molecular weight is 216 g/mol. The summed E-state index contributed by atoms with van der Waals surface area (Å²) in [5, 5.41) is 0. The van der Waals surface area contributed by atoms with Gasteiger partial charge in [-0.2, -0.15) is 0 Å². The third-order valence-corrected chi connectivity index (χ3v) is 2.34. The molecule has 1 atom stereocenters. The Labute approximate surface area is 95.3 Å². The number of benzene rings is 1. The van der Waals surface area contributed by atoms with Gasteiger partial charge >= 0.3 is 0 Å². The maximum absolute atomic E-state index is 5.71. The first-order valence-electron chi connectivity index (χ1n) is 5.42. The molecule has 1 aromatic carbocycles. The number of rotatable bonds is 3. The predicted molar refractivity (Wildman–Crippen MR) is 64.0 cm³/mol. The van der Waals surface area contributed by atoms with Gasteiger partial charge in [0.2, 0.25) is 5.89 Å². The van der Waals surface area contributed by atoms with Gasteiger partial charge in [-0.3, -0.25) is 0 Å². The van der Waals surface area contributed by atoms with Crippen LogP contribution in [0.5, 0.6) is 0 Å². The highest BCUT2D eigenvalue weighted by molar-refractivity contribution is 5.54. The summed E-state index contributed by atoms with van der Waals surface area (Å²) in [4.78, 5) is 4.26. The van der Waals surface area contributed by atoms with E-state index in [1.54, 1.807) is 6.20 Å². The molecule has 0 spiro atoms. The molecule has 0 fully saturated rings. The molecular formula is C13H16N2O. The van der Waals surface area contributed by atoms with Crippen molar-refractivity contribution in [3.8, 4) is 11.5 Å². The van der Waals surface area contributed by atoms with Gasteiger partial charge in [0.15, 0.2) is 0 Å². The van der Waals surface area contributed by atoms with Crippen molar-refractivity contribution in [1.82, 2.24) is 4.98 Å². The van der Waals surface area contributed by atoms with Crippen LogP contribution in [0.2, 0.25) is 0 Å². The molecule has 2 N–H and O–H groups in total. The number of aryl methyl sites for hydroxylation is 1. The smallest absolute Gasteiger partial charge is 0.226 e. The molecule has 2 aromatic rings. The quantitative estimate of drug-likeness (QED) is 0.857. The molecule has 0 bridgehead atoms. The Morgan fingerprint density at radius 1 is 1.44 bits per heavy atom. The van der Waals surface area contributed by atoms with E-state index in [4.69, 9.17) is 10.2 Å². The number of hydrogen-bond acceptors (Lipinski definition) is 3. The number of nitrogens with zero attached hydrogens (tertiary/aromatic N) is 1. The molecule has 1 heterocycles. The normalized spacial score (nSPS) is 12.7. The van der Waals surface area contributed by atoms with Gasteiger partial charge in [0.05, 0.1) is 6.20 Å². The highest BCUT2D eigenvalue weighted by Gasteiger charge is 2.07. The molecule has 0 saturated heterocycles. The van der Waals surface area contributed by atoms with E-state index in [1.165, 1.54) is 5.56 Å². The van der Waals surface area contributed by atoms with Gasteiger partial charge in [0, 0.05) is 18.0 Å². The van der Waals surface area contributed by atoms with Crippen LogP contribution in [0.4, 0.5) is 0 Å². The lowest BCUT2D eigenvalue weighted by atomic mass is 10.1. The van der Waals surface area contributed by atoms with Crippen LogP contribution in [0.1, 0.15) is 18.2 Å². The maximum Gasteiger partial charge on any atom is 0.226 e. The number of nitrogens with two attached hydrogens (primary N) is 1. The number of aromatic nitrogens is 1. The van der Waals surface area contributed by atoms with Crippen molar-refractivity contribution in [2.45, 2.75) is 26.3 Å². The molecule has 1 unspecified atom stereocenters. The first-order chi connectivity index (χ1) is 7.65. The van der Waals surface area contributed by atoms with E-state index >= 15 is 0 Å². The Morgan fingerprint density at radius 2 is 2.25 bits per heavy atom. The van der Waals surface area contributed by atoms with Crippen LogP contribution < -0.4 is 5.73 Å². The van der Waals surface area contributed by atoms with E-state index in [-0.39, 0.29) is 6.04 Å². The second-order valence-electron chi connectivity index (χ2n) is 4.18. The fraction of sp³-hybridized carbons (Fsp3) is 0.308. The molecular weight excluding hydrogens is 200 g/mol. The Kier molecular flexibility index (Phi) is 3.06. The zero-order chi connectivity index (χ0) is 11.5. The van der Waals surface area contributed by atoms with Crippen LogP contribution >= 0.6 is 0 Å². The second-order valence-corrected chi connectivity index (χ2v) is 4.18. The first-order valence-corrected chi connectivity index (χ1v) is 5.42. The van der Waals surface area contributed by atoms with Gasteiger partial charge in [0.25, 0.3) is 0 Å². The lowest BCUT2D eigenvalue weighted by Crippen LogP contribution is -2.17. The van der Waals surface area contributed by atoms with Gasteiger partial charge in [-0.05, 0) is 26.0 Å². The van der Waals surface area contributed by atoms with E-state index in [2.05, 4.69) is 24.0 Å². The molecule has 0 saturated carbocycles. The number of hydrogen-bond donors (Lipinski definition) is 1. The summed E-state index contributed by atoms with van der Waals surface area (Å²) in [7, 11) is 0. The van der Waals surface area contributed by atoms with E-state index < -0.39 is 0 Å². The average Bonchev–Trinajstić information content (AvgIpc) is 2.65. The van der Waals surface area contributed by atoms with Crippen LogP contribution in [0.3, 0.4) is 0 Å². The number of oxazole rings is 1. The summed E-state index contributed by atoms with van der Waals surface area (Å²) in [6.45, 7) is 4.00. The summed E-state index contributed by atoms with van der Waals surface area (Å²) in [6.07, 6.45) is 2.47. The van der Waals surface area contributed by atoms with Gasteiger partial charge < -0.3 is 10.2 Å². The molecule has 0 aliphatic heterocycles. The minimum atomic E-state index is 0.0957. The van der Waals surface area contributed by atoms with Crippen LogP contribution in [-0.2, 0) is 6.42 Å². The molecule has 2 rings (SSSR count). The largest absolute Gasteiger partial charge is 0.441 e. The minimum absolute atomic E-state index is 0.0957. The molecule has 3 nitrogen and oxygen atoms in total. The molecule has 84 valence electrons. The van der Waals surface area contributed by atoms with Crippen LogP contribution in [0.25, 0.3) is 11.5 Å². The van der Waals surface area contributed by atoms with Crippen LogP contribution in [0.15, 0.2) is 34.9 Å². The van der Waals surface area contributed by atoms with E-state index in [0.717, 1.165) is 17.7 Å². The standard InChI is InChI=1S/C13H16N2O/c1-9-4-3-5-11(6-9)13-15-8-12(16-13)7-10(2)14/h3-6,8,10H,7,14H2,1-2H3. The maximum atomic E-state index is 5.71. The van der Waals surface area contributed by atoms with Gasteiger partial charge in [-0.25, -0.2) is 4.98 Å². The predicted octanol–water partition coefficient (Wildman–Crippen LogP) is 2.54. The lowest BCUT2D eigenvalue weighted by Gasteiger charge is -2.00. The van der Waals surface area contributed by atoms with Gasteiger partial charge in [-0.1, -0.05) is 17.7 Å². The topological polar surface area (TPSA) is 52.0 Å². The molecule has 0 amide bonds. The van der Waals surface area contributed by atoms with Crippen molar-refractivity contribution < 1.29 is 4.42 Å². The van der Waals surface area contributed by atoms with Crippen LogP contribution in [0, 0.1) is 6.92 Å². The van der Waals surface area contributed by atoms with Crippen molar-refractivity contribution in [2.75, 3.05) is 0 Å². The Bertz CT molecular complexity index is 474. The van der Waals surface area contributed by atoms with E-state index in [0.29, 0.717) is 5.89 Å². The zero-order valence-corrected chi connectivity index (χ0v) is 9.60. The fourth-order valence-electron chi connectivity index (χ4n) is 1.63. The van der Waals surface area contributed by atoms with E-state index in [1.807, 2.05) is 19.1 Å². The molecule has 3 heteroatoms. The highest BCUT2D eigenvalue weighted by atomic mass is 16.4. The van der Waals surface area contributed by atoms with Crippen molar-refractivity contribution in [3.63, 3.8) is 0 Å². The SMILES string of the molecule is Cc1cccc(-c2ncc(CC(C)N)o2)c1. The van der Waals surface area contributed by atoms with Crippen molar-refractivity contribution in [1.29, 1.82) is 0 Å². The molecule has 0 aliphatic rings. The summed E-state index contributed by atoms with van der Waals surface area (Å²) in [5.74, 6) is 1.51. The molecule has 16 heavy (non-hydrogen) atoms. The van der Waals surface area contributed by atoms with Crippen LogP contribution in [-0.4, -0.2) is 11.0 Å². The van der Waals surface area contributed by atoms with Crippen molar-refractivity contribution >= 4 is 0 Å². The molecule has 0 radical (unpaired) electrons.